The van der Waals surface area contributed by atoms with Gasteiger partial charge >= 0.3 is 0 Å². The molecule has 7 rings (SSSR count). The number of likely N-dealkylation sites (N-methyl/N-ethyl adjacent to an activating group) is 2. The number of aromatic nitrogens is 2. The Hall–Kier alpha value is -5.31. The quantitative estimate of drug-likeness (QED) is 0.0805. The van der Waals surface area contributed by atoms with Crippen molar-refractivity contribution in [2.24, 2.45) is 0 Å². The molecule has 0 aliphatic carbocycles. The first-order chi connectivity index (χ1) is 28.9. The number of hydrogen-bond acceptors (Lipinski definition) is 7. The summed E-state index contributed by atoms with van der Waals surface area (Å²) in [4.78, 5) is 65.1. The van der Waals surface area contributed by atoms with Crippen LogP contribution in [0.3, 0.4) is 0 Å². The fraction of sp³-hybridized carbons (Fsp3) is 0.478. The second kappa shape index (κ2) is 18.1. The summed E-state index contributed by atoms with van der Waals surface area (Å²) in [6, 6.07) is 14.1. The van der Waals surface area contributed by atoms with Crippen molar-refractivity contribution in [2.45, 2.75) is 115 Å². The number of carbonyl (C=O) groups excluding carboxylic acids is 4. The van der Waals surface area contributed by atoms with Crippen molar-refractivity contribution in [3.63, 3.8) is 0 Å². The zero-order valence-corrected chi connectivity index (χ0v) is 35.5. The Kier molecular flexibility index (Phi) is 12.9. The summed E-state index contributed by atoms with van der Waals surface area (Å²) >= 11 is 0. The number of aliphatic hydroxyl groups excluding tert-OH is 1. The molecular weight excluding hydrogens is 764 g/mol. The lowest BCUT2D eigenvalue weighted by Crippen LogP contribution is -2.53. The third-order valence-corrected chi connectivity index (χ3v) is 12.8. The van der Waals surface area contributed by atoms with Crippen LogP contribution in [0.25, 0.3) is 44.0 Å². The van der Waals surface area contributed by atoms with E-state index in [1.807, 2.05) is 30.9 Å². The molecule has 0 bridgehead atoms. The number of likely N-dealkylation sites (tertiary alicyclic amines) is 2. The van der Waals surface area contributed by atoms with Crippen molar-refractivity contribution in [1.82, 2.24) is 41.0 Å². The number of hydrogen-bond donors (Lipinski definition) is 7. The van der Waals surface area contributed by atoms with Gasteiger partial charge in [-0.05, 0) is 108 Å². The Morgan fingerprint density at radius 2 is 1.38 bits per heavy atom. The van der Waals surface area contributed by atoms with Gasteiger partial charge in [-0.1, -0.05) is 50.2 Å². The molecule has 2 aromatic heterocycles. The van der Waals surface area contributed by atoms with Crippen LogP contribution in [0.1, 0.15) is 70.9 Å². The van der Waals surface area contributed by atoms with E-state index in [4.69, 9.17) is 0 Å². The summed E-state index contributed by atoms with van der Waals surface area (Å²) in [5.74, 6) is -1.26. The van der Waals surface area contributed by atoms with E-state index in [0.717, 1.165) is 62.4 Å². The zero-order valence-electron chi connectivity index (χ0n) is 35.5. The van der Waals surface area contributed by atoms with E-state index in [9.17, 15) is 28.7 Å². The molecular formula is C46H59FN8O5. The molecule has 0 spiro atoms. The number of nitrogens with one attached hydrogen (secondary N) is 6. The molecule has 0 unspecified atom stereocenters. The fourth-order valence-corrected chi connectivity index (χ4v) is 9.17. The molecule has 0 radical (unpaired) electrons. The SMILES string of the molecule is CC[C@H](NC(=O)[C@H](C)NC)C(=O)N1CCC[C@H]1Cc1c(-c2[nH]c3cc(F)ccc3c2C[C@@H]2C[C@H](O)CN2C(=O)[C@H](CC)NC(=O)[C@H](C)NC)[nH]c2c1ccc1ccccc12. The Morgan fingerprint density at radius 3 is 2.05 bits per heavy atom. The van der Waals surface area contributed by atoms with Crippen LogP contribution in [0.2, 0.25) is 0 Å². The molecule has 2 aliphatic rings. The molecule has 320 valence electrons. The van der Waals surface area contributed by atoms with E-state index in [-0.39, 0.29) is 36.2 Å². The highest BCUT2D eigenvalue weighted by molar-refractivity contribution is 6.09. The van der Waals surface area contributed by atoms with Gasteiger partial charge in [0, 0.05) is 46.8 Å². The number of rotatable bonds is 15. The van der Waals surface area contributed by atoms with Crippen molar-refractivity contribution < 1.29 is 28.7 Å². The lowest BCUT2D eigenvalue weighted by molar-refractivity contribution is -0.137. The van der Waals surface area contributed by atoms with Gasteiger partial charge in [-0.3, -0.25) is 19.2 Å². The minimum Gasteiger partial charge on any atom is -0.391 e. The van der Waals surface area contributed by atoms with Gasteiger partial charge in [-0.15, -0.1) is 0 Å². The minimum atomic E-state index is -0.768. The molecule has 2 aliphatic heterocycles. The normalized spacial score (nSPS) is 20.2. The van der Waals surface area contributed by atoms with Gasteiger partial charge in [0.15, 0.2) is 0 Å². The van der Waals surface area contributed by atoms with Crippen molar-refractivity contribution in [1.29, 1.82) is 0 Å². The molecule has 13 nitrogen and oxygen atoms in total. The summed E-state index contributed by atoms with van der Waals surface area (Å²) in [6.07, 6.45) is 2.91. The van der Waals surface area contributed by atoms with Crippen LogP contribution in [-0.2, 0) is 32.0 Å². The van der Waals surface area contributed by atoms with E-state index < -0.39 is 42.1 Å². The lowest BCUT2D eigenvalue weighted by Gasteiger charge is -2.30. The number of aromatic amines is 2. The number of H-pyrrole nitrogens is 2. The minimum absolute atomic E-state index is 0.100. The summed E-state index contributed by atoms with van der Waals surface area (Å²) in [5.41, 5.74) is 4.97. The third kappa shape index (κ3) is 8.37. The summed E-state index contributed by atoms with van der Waals surface area (Å²) in [5, 5.41) is 26.7. The maximum Gasteiger partial charge on any atom is 0.245 e. The molecule has 0 saturated carbocycles. The van der Waals surface area contributed by atoms with Gasteiger partial charge in [-0.25, -0.2) is 4.39 Å². The predicted molar refractivity (Wildman–Crippen MR) is 233 cm³/mol. The number of aliphatic hydroxyl groups is 1. The van der Waals surface area contributed by atoms with Crippen LogP contribution in [0.15, 0.2) is 54.6 Å². The van der Waals surface area contributed by atoms with E-state index >= 15 is 0 Å². The zero-order chi connectivity index (χ0) is 42.8. The number of amides is 4. The third-order valence-electron chi connectivity index (χ3n) is 12.8. The van der Waals surface area contributed by atoms with Gasteiger partial charge in [-0.2, -0.15) is 0 Å². The molecule has 4 heterocycles. The second-order valence-corrected chi connectivity index (χ2v) is 16.6. The molecule has 7 atom stereocenters. The monoisotopic (exact) mass is 822 g/mol. The van der Waals surface area contributed by atoms with Crippen LogP contribution < -0.4 is 21.3 Å². The highest BCUT2D eigenvalue weighted by Crippen LogP contribution is 2.41. The Balaban J connectivity index is 1.31. The van der Waals surface area contributed by atoms with Crippen LogP contribution in [-0.4, -0.2) is 118 Å². The molecule has 7 N–H and O–H groups in total. The largest absolute Gasteiger partial charge is 0.391 e. The fourth-order valence-electron chi connectivity index (χ4n) is 9.17. The van der Waals surface area contributed by atoms with Crippen LogP contribution >= 0.6 is 0 Å². The number of carbonyl (C=O) groups is 4. The second-order valence-electron chi connectivity index (χ2n) is 16.6. The molecule has 3 aromatic carbocycles. The highest BCUT2D eigenvalue weighted by Gasteiger charge is 2.39. The average molecular weight is 823 g/mol. The number of benzene rings is 3. The first-order valence-electron chi connectivity index (χ1n) is 21.4. The number of nitrogens with zero attached hydrogens (tertiary/aromatic N) is 2. The van der Waals surface area contributed by atoms with Crippen LogP contribution in [0.4, 0.5) is 4.39 Å². The molecule has 14 heteroatoms. The van der Waals surface area contributed by atoms with E-state index in [2.05, 4.69) is 55.5 Å². The number of β-amino-alcohol motifs (C(OH)–C–C–N with tert-alkyl or cyclic N) is 1. The van der Waals surface area contributed by atoms with Crippen molar-refractivity contribution >= 4 is 56.2 Å². The number of fused-ring (bicyclic) bond motifs is 4. The first kappa shape index (κ1) is 42.8. The van der Waals surface area contributed by atoms with Crippen molar-refractivity contribution in [3.8, 4) is 11.4 Å². The summed E-state index contributed by atoms with van der Waals surface area (Å²) < 4.78 is 14.9. The number of halogens is 1. The van der Waals surface area contributed by atoms with E-state index in [1.54, 1.807) is 38.9 Å². The van der Waals surface area contributed by atoms with Crippen molar-refractivity contribution in [2.75, 3.05) is 27.2 Å². The maximum absolute atomic E-state index is 14.9. The smallest absolute Gasteiger partial charge is 0.245 e. The molecule has 2 saturated heterocycles. The highest BCUT2D eigenvalue weighted by atomic mass is 19.1. The summed E-state index contributed by atoms with van der Waals surface area (Å²) in [6.45, 7) is 7.96. The molecule has 60 heavy (non-hydrogen) atoms. The average Bonchev–Trinajstić information content (AvgIpc) is 4.05. The Morgan fingerprint density at radius 1 is 0.783 bits per heavy atom. The van der Waals surface area contributed by atoms with Gasteiger partial charge in [0.05, 0.1) is 35.1 Å². The van der Waals surface area contributed by atoms with Crippen molar-refractivity contribution in [3.05, 3.63) is 71.5 Å². The van der Waals surface area contributed by atoms with E-state index in [1.165, 1.54) is 12.1 Å². The molecule has 2 fully saturated rings. The van der Waals surface area contributed by atoms with Gasteiger partial charge < -0.3 is 46.1 Å². The van der Waals surface area contributed by atoms with Crippen LogP contribution in [0, 0.1) is 5.82 Å². The lowest BCUT2D eigenvalue weighted by atomic mass is 9.94. The van der Waals surface area contributed by atoms with Gasteiger partial charge in [0.25, 0.3) is 0 Å². The van der Waals surface area contributed by atoms with E-state index in [0.29, 0.717) is 44.2 Å². The van der Waals surface area contributed by atoms with Gasteiger partial charge in [0.2, 0.25) is 23.6 Å². The molecule has 4 amide bonds. The predicted octanol–water partition coefficient (Wildman–Crippen LogP) is 4.65. The standard InChI is InChI=1S/C46H59FN8O5/c1-7-37(51-43(57)25(3)48-5)45(59)54-19-11-13-29(54)22-36-34-17-15-27-12-9-10-14-32(27)40(34)53-42(36)41-35(33-18-16-28(47)20-39(33)50-41)23-30-21-31(56)24-55(30)46(60)38(8-2)52-44(58)26(4)49-6/h9-10,12,14-18,20,25-26,29-31,37-38,48-50,53,56H,7-8,11,13,19,21-24H2,1-6H3,(H,51,57)(H,52,58)/t25-,26-,29-,30-,31-,37-,38-/m0/s1. The Bertz CT molecular complexity index is 2390. The topological polar surface area (TPSA) is 175 Å². The Labute approximate surface area is 350 Å². The first-order valence-corrected chi connectivity index (χ1v) is 21.4. The van der Waals surface area contributed by atoms with Gasteiger partial charge in [0.1, 0.15) is 17.9 Å². The molecule has 5 aromatic rings. The van der Waals surface area contributed by atoms with Crippen LogP contribution in [0.5, 0.6) is 0 Å². The summed E-state index contributed by atoms with van der Waals surface area (Å²) in [7, 11) is 3.40. The maximum atomic E-state index is 14.9.